The molecule has 0 atom stereocenters. The van der Waals surface area contributed by atoms with E-state index in [0.717, 1.165) is 11.3 Å². The van der Waals surface area contributed by atoms with Crippen molar-refractivity contribution in [2.75, 3.05) is 19.5 Å². The Morgan fingerprint density at radius 3 is 2.46 bits per heavy atom. The van der Waals surface area contributed by atoms with Crippen molar-refractivity contribution in [3.8, 4) is 11.5 Å². The van der Waals surface area contributed by atoms with Gasteiger partial charge in [-0.1, -0.05) is 12.1 Å². The van der Waals surface area contributed by atoms with E-state index in [1.165, 1.54) is 12.1 Å². The number of hydrogen-bond donors (Lipinski definition) is 2. The first kappa shape index (κ1) is 19.2. The Balaban J connectivity index is 1.64. The summed E-state index contributed by atoms with van der Waals surface area (Å²) in [5.41, 5.74) is 2.50. The molecule has 2 aromatic carbocycles. The summed E-state index contributed by atoms with van der Waals surface area (Å²) in [6.45, 7) is 0.293. The predicted octanol–water partition coefficient (Wildman–Crippen LogP) is 3.91. The van der Waals surface area contributed by atoms with Gasteiger partial charge in [0, 0.05) is 12.6 Å². The molecule has 0 saturated heterocycles. The summed E-state index contributed by atoms with van der Waals surface area (Å²) in [6, 6.07) is 14.7. The number of rotatable bonds is 7. The van der Waals surface area contributed by atoms with E-state index in [2.05, 4.69) is 15.6 Å². The molecule has 0 unspecified atom stereocenters. The van der Waals surface area contributed by atoms with Crippen molar-refractivity contribution in [1.29, 1.82) is 0 Å². The molecule has 2 N–H and O–H groups in total. The minimum Gasteiger partial charge on any atom is -0.497 e. The molecule has 7 heteroatoms. The molecule has 3 rings (SSSR count). The molecular weight excluding hydrogens is 361 g/mol. The van der Waals surface area contributed by atoms with Gasteiger partial charge in [-0.05, 0) is 42.0 Å². The zero-order valence-electron chi connectivity index (χ0n) is 15.5. The Bertz CT molecular complexity index is 944. The van der Waals surface area contributed by atoms with Crippen LogP contribution in [0.1, 0.15) is 16.1 Å². The number of carbonyl (C=O) groups is 1. The van der Waals surface area contributed by atoms with Crippen molar-refractivity contribution in [3.63, 3.8) is 0 Å². The number of hydrogen-bond acceptors (Lipinski definition) is 5. The molecule has 0 fully saturated rings. The van der Waals surface area contributed by atoms with Crippen LogP contribution in [0.5, 0.6) is 11.5 Å². The number of benzene rings is 2. The number of carbonyl (C=O) groups excluding carboxylic acids is 1. The van der Waals surface area contributed by atoms with Crippen LogP contribution in [-0.4, -0.2) is 25.1 Å². The van der Waals surface area contributed by atoms with Gasteiger partial charge in [0.05, 0.1) is 31.8 Å². The maximum atomic E-state index is 12.9. The van der Waals surface area contributed by atoms with Crippen LogP contribution in [0.15, 0.2) is 60.8 Å². The minimum atomic E-state index is -0.313. The summed E-state index contributed by atoms with van der Waals surface area (Å²) in [7, 11) is 3.17. The van der Waals surface area contributed by atoms with Gasteiger partial charge in [-0.3, -0.25) is 4.79 Å². The van der Waals surface area contributed by atoms with Crippen LogP contribution in [-0.2, 0) is 6.54 Å². The molecule has 0 radical (unpaired) electrons. The Morgan fingerprint density at radius 1 is 1.04 bits per heavy atom. The molecule has 0 aliphatic carbocycles. The van der Waals surface area contributed by atoms with Crippen molar-refractivity contribution >= 4 is 17.3 Å². The fourth-order valence-electron chi connectivity index (χ4n) is 2.54. The highest BCUT2D eigenvalue weighted by atomic mass is 19.1. The summed E-state index contributed by atoms with van der Waals surface area (Å²) in [6.07, 6.45) is 1.56. The van der Waals surface area contributed by atoms with Crippen LogP contribution in [0.4, 0.5) is 15.8 Å². The van der Waals surface area contributed by atoms with Gasteiger partial charge in [0.25, 0.3) is 5.91 Å². The lowest BCUT2D eigenvalue weighted by molar-refractivity contribution is 0.0946. The average Bonchev–Trinajstić information content (AvgIpc) is 2.73. The number of nitrogens with zero attached hydrogens (tertiary/aromatic N) is 1. The van der Waals surface area contributed by atoms with Gasteiger partial charge in [0.1, 0.15) is 23.0 Å². The third-order valence-electron chi connectivity index (χ3n) is 4.05. The Morgan fingerprint density at radius 2 is 1.82 bits per heavy atom. The van der Waals surface area contributed by atoms with E-state index >= 15 is 0 Å². The minimum absolute atomic E-state index is 0.283. The molecule has 0 bridgehead atoms. The summed E-state index contributed by atoms with van der Waals surface area (Å²) >= 11 is 0. The van der Waals surface area contributed by atoms with Crippen molar-refractivity contribution in [3.05, 3.63) is 77.9 Å². The number of nitrogens with one attached hydrogen (secondary N) is 2. The van der Waals surface area contributed by atoms with E-state index in [4.69, 9.17) is 9.47 Å². The lowest BCUT2D eigenvalue weighted by atomic mass is 10.2. The molecule has 3 aromatic rings. The number of anilines is 2. The third kappa shape index (κ3) is 4.76. The van der Waals surface area contributed by atoms with Gasteiger partial charge in [0.15, 0.2) is 0 Å². The zero-order valence-corrected chi connectivity index (χ0v) is 15.5. The molecular formula is C21H20FN3O3. The summed E-state index contributed by atoms with van der Waals surface area (Å²) in [5, 5.41) is 5.95. The normalized spacial score (nSPS) is 10.2. The van der Waals surface area contributed by atoms with Crippen molar-refractivity contribution in [1.82, 2.24) is 10.3 Å². The fraction of sp³-hybridized carbons (Fsp3) is 0.143. The quantitative estimate of drug-likeness (QED) is 0.649. The number of ether oxygens (including phenoxy) is 2. The number of halogens is 1. The van der Waals surface area contributed by atoms with Gasteiger partial charge in [-0.25, -0.2) is 9.37 Å². The van der Waals surface area contributed by atoms with Crippen LogP contribution < -0.4 is 20.1 Å². The lowest BCUT2D eigenvalue weighted by Crippen LogP contribution is -2.23. The first-order chi connectivity index (χ1) is 13.6. The van der Waals surface area contributed by atoms with E-state index in [0.29, 0.717) is 23.7 Å². The van der Waals surface area contributed by atoms with Crippen molar-refractivity contribution in [2.24, 2.45) is 0 Å². The van der Waals surface area contributed by atoms with Crippen LogP contribution in [0.2, 0.25) is 0 Å². The molecule has 0 aliphatic rings. The Hall–Kier alpha value is -3.61. The fourth-order valence-corrected chi connectivity index (χ4v) is 2.54. The largest absolute Gasteiger partial charge is 0.497 e. The molecule has 144 valence electrons. The number of aromatic nitrogens is 1. The SMILES string of the molecule is COc1ccc(OC)c(Nc2ccc(C(=O)NCc3ccc(F)cc3)nc2)c1. The van der Waals surface area contributed by atoms with Crippen LogP contribution in [0.3, 0.4) is 0 Å². The number of methoxy groups -OCH3 is 2. The topological polar surface area (TPSA) is 72.5 Å². The first-order valence-corrected chi connectivity index (χ1v) is 8.57. The highest BCUT2D eigenvalue weighted by Gasteiger charge is 2.09. The molecule has 28 heavy (non-hydrogen) atoms. The summed E-state index contributed by atoms with van der Waals surface area (Å²) < 4.78 is 23.5. The molecule has 1 amide bonds. The Kier molecular flexibility index (Phi) is 6.06. The molecule has 0 aliphatic heterocycles. The number of pyridine rings is 1. The molecule has 1 aromatic heterocycles. The second kappa shape index (κ2) is 8.85. The predicted molar refractivity (Wildman–Crippen MR) is 105 cm³/mol. The summed E-state index contributed by atoms with van der Waals surface area (Å²) in [4.78, 5) is 16.4. The molecule has 1 heterocycles. The average molecular weight is 381 g/mol. The lowest BCUT2D eigenvalue weighted by Gasteiger charge is -2.12. The second-order valence-electron chi connectivity index (χ2n) is 5.93. The van der Waals surface area contributed by atoms with Gasteiger partial charge in [-0.15, -0.1) is 0 Å². The maximum Gasteiger partial charge on any atom is 0.270 e. The van der Waals surface area contributed by atoms with Crippen molar-refractivity contribution in [2.45, 2.75) is 6.54 Å². The highest BCUT2D eigenvalue weighted by Crippen LogP contribution is 2.31. The van der Waals surface area contributed by atoms with Crippen LogP contribution >= 0.6 is 0 Å². The molecule has 0 saturated carbocycles. The van der Waals surface area contributed by atoms with E-state index in [1.807, 2.05) is 6.07 Å². The van der Waals surface area contributed by atoms with Gasteiger partial charge >= 0.3 is 0 Å². The standard InChI is InChI=1S/C21H20FN3O3/c1-27-17-8-10-20(28-2)19(11-17)25-16-7-9-18(23-13-16)21(26)24-12-14-3-5-15(22)6-4-14/h3-11,13,25H,12H2,1-2H3,(H,24,26). The van der Waals surface area contributed by atoms with Crippen molar-refractivity contribution < 1.29 is 18.7 Å². The van der Waals surface area contributed by atoms with E-state index < -0.39 is 0 Å². The maximum absolute atomic E-state index is 12.9. The van der Waals surface area contributed by atoms with Crippen LogP contribution in [0.25, 0.3) is 0 Å². The van der Waals surface area contributed by atoms with E-state index in [9.17, 15) is 9.18 Å². The first-order valence-electron chi connectivity index (χ1n) is 8.57. The zero-order chi connectivity index (χ0) is 19.9. The van der Waals surface area contributed by atoms with E-state index in [1.54, 1.807) is 56.8 Å². The van der Waals surface area contributed by atoms with Crippen LogP contribution in [0, 0.1) is 5.82 Å². The molecule has 0 spiro atoms. The van der Waals surface area contributed by atoms with Gasteiger partial charge < -0.3 is 20.1 Å². The monoisotopic (exact) mass is 381 g/mol. The smallest absolute Gasteiger partial charge is 0.270 e. The van der Waals surface area contributed by atoms with E-state index in [-0.39, 0.29) is 17.4 Å². The molecule has 6 nitrogen and oxygen atoms in total. The number of amides is 1. The summed E-state index contributed by atoms with van der Waals surface area (Å²) in [5.74, 6) is 0.720. The highest BCUT2D eigenvalue weighted by molar-refractivity contribution is 5.92. The van der Waals surface area contributed by atoms with Gasteiger partial charge in [-0.2, -0.15) is 0 Å². The Labute approximate surface area is 162 Å². The van der Waals surface area contributed by atoms with Gasteiger partial charge in [0.2, 0.25) is 0 Å². The second-order valence-corrected chi connectivity index (χ2v) is 5.93. The third-order valence-corrected chi connectivity index (χ3v) is 4.05.